The number of Topliss-reactive ketones (excluding diaryl/α,β-unsaturated/α-hetero) is 1. The molecule has 0 aliphatic carbocycles. The van der Waals surface area contributed by atoms with E-state index in [0.29, 0.717) is 12.8 Å². The minimum absolute atomic E-state index is 0.00403. The molecular formula is C62H113N11O13. The minimum Gasteiger partial charge on any atom is -0.391 e. The monoisotopic (exact) mass is 1220 g/mol. The summed E-state index contributed by atoms with van der Waals surface area (Å²) in [6, 6.07) is -12.2. The van der Waals surface area contributed by atoms with Crippen LogP contribution in [0.5, 0.6) is 0 Å². The Kier molecular flexibility index (Phi) is 35.0. The first-order valence-electron chi connectivity index (χ1n) is 30.6. The van der Waals surface area contributed by atoms with Crippen LogP contribution in [-0.2, 0) is 52.7 Å². The second kappa shape index (κ2) is 37.6. The second-order valence-corrected chi connectivity index (χ2v) is 26.2. The number of rotatable bonds is 37. The molecule has 0 saturated heterocycles. The maximum atomic E-state index is 14.9. The van der Waals surface area contributed by atoms with Crippen molar-refractivity contribution in [2.45, 2.75) is 236 Å². The molecule has 494 valence electrons. The number of carbonyl (C=O) groups is 11. The number of ketones is 1. The van der Waals surface area contributed by atoms with Gasteiger partial charge in [0.15, 0.2) is 0 Å². The molecule has 0 bridgehead atoms. The predicted octanol–water partition coefficient (Wildman–Crippen LogP) is 2.36. The Morgan fingerprint density at radius 2 is 0.860 bits per heavy atom. The fraction of sp³-hybridized carbons (Fsp3) is 0.790. The van der Waals surface area contributed by atoms with Gasteiger partial charge in [0.1, 0.15) is 60.2 Å². The number of aliphatic hydroxyl groups is 2. The van der Waals surface area contributed by atoms with E-state index in [2.05, 4.69) is 26.6 Å². The van der Waals surface area contributed by atoms with Gasteiger partial charge >= 0.3 is 0 Å². The SMILES string of the molecule is C/C=C/C[C@@H](C)[C@@H](O)[C@@H](C(=O)N[C@H](C(=O)N(C)CC(C)=O)[C@@H](C)O)N(C)C(=O)[C@H](C(C)C)N(C)C(=O)[C@H](CC(C)C)NC(=O)[C@H](CC(C)C)N(C)C(=O)[C@@H](C)NC(=O)[C@H](C)NC(=O)[C@H](CC(C)C)N(C)C(=O)[C@H](CC(C)C)NC(=O)[C@H](N)CC(C)C. The number of carbonyl (C=O) groups excluding carboxylic acids is 11. The van der Waals surface area contributed by atoms with E-state index in [0.717, 1.165) is 9.80 Å². The highest BCUT2D eigenvalue weighted by molar-refractivity contribution is 5.99. The Labute approximate surface area is 514 Å². The van der Waals surface area contributed by atoms with Gasteiger partial charge in [-0.05, 0) is 115 Å². The molecule has 0 spiro atoms. The molecule has 86 heavy (non-hydrogen) atoms. The summed E-state index contributed by atoms with van der Waals surface area (Å²) >= 11 is 0. The van der Waals surface area contributed by atoms with Crippen molar-refractivity contribution >= 4 is 64.9 Å². The van der Waals surface area contributed by atoms with Crippen LogP contribution in [0.1, 0.15) is 163 Å². The Morgan fingerprint density at radius 1 is 0.453 bits per heavy atom. The number of nitrogens with one attached hydrogen (secondary N) is 5. The molecule has 0 aliphatic heterocycles. The van der Waals surface area contributed by atoms with E-state index in [1.54, 1.807) is 39.8 Å². The van der Waals surface area contributed by atoms with Crippen molar-refractivity contribution in [1.29, 1.82) is 0 Å². The molecule has 9 N–H and O–H groups in total. The van der Waals surface area contributed by atoms with Gasteiger partial charge in [0.25, 0.3) is 0 Å². The Bertz CT molecular complexity index is 2290. The van der Waals surface area contributed by atoms with E-state index < -0.39 is 144 Å². The van der Waals surface area contributed by atoms with Gasteiger partial charge in [-0.1, -0.05) is 102 Å². The Balaban J connectivity index is 6.89. The van der Waals surface area contributed by atoms with Crippen molar-refractivity contribution in [2.75, 3.05) is 41.8 Å². The van der Waals surface area contributed by atoms with Crippen LogP contribution in [0.25, 0.3) is 0 Å². The molecule has 0 aromatic carbocycles. The number of amides is 10. The van der Waals surface area contributed by atoms with Gasteiger partial charge in [0, 0.05) is 35.2 Å². The summed E-state index contributed by atoms with van der Waals surface area (Å²) < 4.78 is 0. The minimum atomic E-state index is -1.66. The molecule has 0 aromatic heterocycles. The summed E-state index contributed by atoms with van der Waals surface area (Å²) in [5.74, 6) is -8.81. The van der Waals surface area contributed by atoms with Gasteiger partial charge in [-0.25, -0.2) is 0 Å². The number of allylic oxidation sites excluding steroid dienone is 2. The van der Waals surface area contributed by atoms with Crippen LogP contribution in [0.4, 0.5) is 0 Å². The maximum absolute atomic E-state index is 14.9. The predicted molar refractivity (Wildman–Crippen MR) is 332 cm³/mol. The third-order valence-corrected chi connectivity index (χ3v) is 15.0. The van der Waals surface area contributed by atoms with Crippen LogP contribution in [-0.4, -0.2) is 214 Å². The summed E-state index contributed by atoms with van der Waals surface area (Å²) in [5, 5.41) is 36.0. The van der Waals surface area contributed by atoms with Crippen LogP contribution in [0, 0.1) is 41.4 Å². The zero-order valence-electron chi connectivity index (χ0n) is 56.3. The van der Waals surface area contributed by atoms with Crippen molar-refractivity contribution < 1.29 is 63.0 Å². The highest BCUT2D eigenvalue weighted by atomic mass is 16.3. The molecule has 0 heterocycles. The molecule has 0 rings (SSSR count). The normalized spacial score (nSPS) is 16.4. The van der Waals surface area contributed by atoms with E-state index in [1.165, 1.54) is 77.6 Å². The molecule has 10 amide bonds. The topological polar surface area (TPSA) is 331 Å². The first kappa shape index (κ1) is 80.0. The average Bonchev–Trinajstić information content (AvgIpc) is 1.61. The third-order valence-electron chi connectivity index (χ3n) is 15.0. The number of hydrogen-bond acceptors (Lipinski definition) is 14. The van der Waals surface area contributed by atoms with Crippen molar-refractivity contribution in [3.05, 3.63) is 12.2 Å². The van der Waals surface area contributed by atoms with Crippen molar-refractivity contribution in [1.82, 2.24) is 51.1 Å². The van der Waals surface area contributed by atoms with Gasteiger partial charge in [0.2, 0.25) is 59.1 Å². The molecule has 0 fully saturated rings. The van der Waals surface area contributed by atoms with E-state index in [9.17, 15) is 63.0 Å². The Hall–Kier alpha value is -6.01. The molecule has 0 unspecified atom stereocenters. The number of hydrogen-bond donors (Lipinski definition) is 8. The summed E-state index contributed by atoms with van der Waals surface area (Å²) in [6.45, 7) is 30.7. The van der Waals surface area contributed by atoms with Gasteiger partial charge in [-0.3, -0.25) is 52.7 Å². The van der Waals surface area contributed by atoms with E-state index in [4.69, 9.17) is 5.73 Å². The number of aliphatic hydroxyl groups excluding tert-OH is 2. The molecule has 0 radical (unpaired) electrons. The van der Waals surface area contributed by atoms with E-state index in [-0.39, 0.29) is 67.6 Å². The maximum Gasteiger partial charge on any atom is 0.247 e. The molecule has 0 aromatic rings. The Morgan fingerprint density at radius 3 is 1.28 bits per heavy atom. The lowest BCUT2D eigenvalue weighted by molar-refractivity contribution is -0.155. The van der Waals surface area contributed by atoms with Crippen LogP contribution in [0.2, 0.25) is 0 Å². The quantitative estimate of drug-likeness (QED) is 0.0415. The highest BCUT2D eigenvalue weighted by Gasteiger charge is 2.45. The van der Waals surface area contributed by atoms with E-state index >= 15 is 0 Å². The smallest absolute Gasteiger partial charge is 0.247 e. The third kappa shape index (κ3) is 25.7. The first-order chi connectivity index (χ1) is 39.5. The van der Waals surface area contributed by atoms with Crippen LogP contribution >= 0.6 is 0 Å². The largest absolute Gasteiger partial charge is 0.391 e. The second-order valence-electron chi connectivity index (χ2n) is 26.2. The van der Waals surface area contributed by atoms with Crippen molar-refractivity contribution in [3.63, 3.8) is 0 Å². The van der Waals surface area contributed by atoms with Crippen LogP contribution < -0.4 is 32.3 Å². The molecule has 24 nitrogen and oxygen atoms in total. The lowest BCUT2D eigenvalue weighted by atomic mass is 9.91. The summed E-state index contributed by atoms with van der Waals surface area (Å²) in [5.41, 5.74) is 6.16. The number of nitrogens with two attached hydrogens (primary N) is 1. The fourth-order valence-electron chi connectivity index (χ4n) is 10.2. The summed E-state index contributed by atoms with van der Waals surface area (Å²) in [7, 11) is 6.88. The average molecular weight is 1220 g/mol. The summed E-state index contributed by atoms with van der Waals surface area (Å²) in [4.78, 5) is 159. The van der Waals surface area contributed by atoms with E-state index in [1.807, 2.05) is 69.2 Å². The molecule has 24 heteroatoms. The highest BCUT2D eigenvalue weighted by Crippen LogP contribution is 2.24. The van der Waals surface area contributed by atoms with Gasteiger partial charge < -0.3 is 67.0 Å². The van der Waals surface area contributed by atoms with Crippen molar-refractivity contribution in [3.8, 4) is 0 Å². The zero-order chi connectivity index (χ0) is 67.1. The number of likely N-dealkylation sites (N-methyl/N-ethyl adjacent to an activating group) is 5. The molecular weight excluding hydrogens is 1110 g/mol. The summed E-state index contributed by atoms with van der Waals surface area (Å²) in [6.07, 6.45) is 1.96. The van der Waals surface area contributed by atoms with Gasteiger partial charge in [0.05, 0.1) is 24.8 Å². The van der Waals surface area contributed by atoms with Crippen molar-refractivity contribution in [2.24, 2.45) is 47.2 Å². The fourth-order valence-corrected chi connectivity index (χ4v) is 10.2. The van der Waals surface area contributed by atoms with Crippen LogP contribution in [0.15, 0.2) is 12.2 Å². The lowest BCUT2D eigenvalue weighted by Crippen LogP contribution is -2.64. The van der Waals surface area contributed by atoms with Crippen LogP contribution in [0.3, 0.4) is 0 Å². The molecule has 13 atom stereocenters. The first-order valence-corrected chi connectivity index (χ1v) is 30.6. The molecule has 0 saturated carbocycles. The van der Waals surface area contributed by atoms with Gasteiger partial charge in [-0.15, -0.1) is 0 Å². The lowest BCUT2D eigenvalue weighted by Gasteiger charge is -2.40. The standard InChI is InChI=1S/C62H113N11O13/c1-24-25-26-39(14)52(76)51(57(81)68-49(43(18)75)61(85)69(19)32-40(15)74)73(23)62(86)50(38(12)13)72(22)60(84)46(29-35(6)7)67-56(80)48(31-37(10)11)70(20)58(82)42(17)65-53(77)41(16)64-55(79)47(30-36(8)9)71(21)59(83)45(28-34(4)5)66-54(78)44(63)27-33(2)3/h24-25,33-39,41-52,75-76H,26-32,63H2,1-23H3,(H,64,79)(H,65,77)(H,66,78)(H,67,80)(H,68,81)/b25-24+/t39-,41+,42-,43-,44-,45+,46+,47+,48+,49+,50+,51+,52-/m1/s1. The molecule has 0 aliphatic rings. The number of nitrogens with zero attached hydrogens (tertiary/aromatic N) is 5. The zero-order valence-corrected chi connectivity index (χ0v) is 56.3. The van der Waals surface area contributed by atoms with Gasteiger partial charge in [-0.2, -0.15) is 0 Å².